The normalized spacial score (nSPS) is 11.7. The summed E-state index contributed by atoms with van der Waals surface area (Å²) in [4.78, 5) is 19.1. The van der Waals surface area contributed by atoms with E-state index >= 15 is 0 Å². The highest BCUT2D eigenvalue weighted by atomic mass is 79.9. The molecule has 0 spiro atoms. The largest absolute Gasteiger partial charge is 0.424 e. The highest BCUT2D eigenvalue weighted by Crippen LogP contribution is 2.22. The third-order valence-electron chi connectivity index (χ3n) is 2.45. The Balaban J connectivity index is 2.09. The summed E-state index contributed by atoms with van der Waals surface area (Å²) >= 11 is 3.25. The van der Waals surface area contributed by atoms with Crippen molar-refractivity contribution >= 4 is 27.5 Å². The molecule has 0 aliphatic rings. The first-order valence-corrected chi connectivity index (χ1v) is 6.65. The van der Waals surface area contributed by atoms with E-state index in [1.54, 1.807) is 37.5 Å². The lowest BCUT2D eigenvalue weighted by Gasteiger charge is -2.12. The van der Waals surface area contributed by atoms with Gasteiger partial charge in [0.25, 0.3) is 0 Å². The van der Waals surface area contributed by atoms with E-state index in [4.69, 9.17) is 10.5 Å². The quantitative estimate of drug-likeness (QED) is 0.874. The average Bonchev–Trinajstić information content (AvgIpc) is 2.42. The molecule has 1 atom stereocenters. The van der Waals surface area contributed by atoms with Crippen LogP contribution in [0.3, 0.4) is 0 Å². The first kappa shape index (κ1) is 14.3. The fourth-order valence-electron chi connectivity index (χ4n) is 1.43. The minimum atomic E-state index is -0.464. The van der Waals surface area contributed by atoms with Gasteiger partial charge in [0.2, 0.25) is 5.91 Å². The number of anilines is 1. The molecule has 1 aromatic carbocycles. The Hall–Kier alpha value is -2.15. The zero-order chi connectivity index (χ0) is 14.5. The predicted molar refractivity (Wildman–Crippen MR) is 78.5 cm³/mol. The second-order valence-corrected chi connectivity index (χ2v) is 5.00. The SMILES string of the molecule is C[C@H](Nc1cccc(Oc2ncc(Br)cn2)c1)C(N)=O. The third kappa shape index (κ3) is 3.92. The van der Waals surface area contributed by atoms with Crippen molar-refractivity contribution in [2.24, 2.45) is 5.73 Å². The van der Waals surface area contributed by atoms with E-state index in [9.17, 15) is 4.79 Å². The van der Waals surface area contributed by atoms with E-state index in [0.717, 1.165) is 10.2 Å². The number of primary amides is 1. The third-order valence-corrected chi connectivity index (χ3v) is 2.86. The van der Waals surface area contributed by atoms with Crippen LogP contribution in [0.2, 0.25) is 0 Å². The number of amides is 1. The van der Waals surface area contributed by atoms with Gasteiger partial charge in [-0.1, -0.05) is 6.07 Å². The standard InChI is InChI=1S/C13H13BrN4O2/c1-8(12(15)19)18-10-3-2-4-11(5-10)20-13-16-6-9(14)7-17-13/h2-8,18H,1H3,(H2,15,19)/t8-/m0/s1. The molecule has 6 nitrogen and oxygen atoms in total. The lowest BCUT2D eigenvalue weighted by Crippen LogP contribution is -2.32. The fourth-order valence-corrected chi connectivity index (χ4v) is 1.63. The Morgan fingerprint density at radius 3 is 2.75 bits per heavy atom. The Labute approximate surface area is 124 Å². The summed E-state index contributed by atoms with van der Waals surface area (Å²) in [6.45, 7) is 1.69. The maximum absolute atomic E-state index is 11.0. The molecule has 0 aliphatic heterocycles. The van der Waals surface area contributed by atoms with Gasteiger partial charge in [-0.15, -0.1) is 0 Å². The molecule has 1 aromatic heterocycles. The molecule has 0 saturated carbocycles. The summed E-state index contributed by atoms with van der Waals surface area (Å²) in [7, 11) is 0. The number of hydrogen-bond acceptors (Lipinski definition) is 5. The molecular formula is C13H13BrN4O2. The fraction of sp³-hybridized carbons (Fsp3) is 0.154. The van der Waals surface area contributed by atoms with Gasteiger partial charge in [0.05, 0.1) is 4.47 Å². The zero-order valence-corrected chi connectivity index (χ0v) is 12.3. The van der Waals surface area contributed by atoms with Gasteiger partial charge in [-0.25, -0.2) is 9.97 Å². The van der Waals surface area contributed by atoms with E-state index in [1.165, 1.54) is 0 Å². The van der Waals surface area contributed by atoms with E-state index in [-0.39, 0.29) is 6.01 Å². The number of hydrogen-bond donors (Lipinski definition) is 2. The minimum Gasteiger partial charge on any atom is -0.424 e. The molecule has 0 fully saturated rings. The summed E-state index contributed by atoms with van der Waals surface area (Å²) in [5, 5.41) is 2.97. The Bertz CT molecular complexity index is 604. The number of nitrogens with zero attached hydrogens (tertiary/aromatic N) is 2. The van der Waals surface area contributed by atoms with Gasteiger partial charge < -0.3 is 15.8 Å². The molecule has 0 radical (unpaired) electrons. The summed E-state index contributed by atoms with van der Waals surface area (Å²) in [5.74, 6) is 0.140. The second kappa shape index (κ2) is 6.33. The maximum Gasteiger partial charge on any atom is 0.321 e. The number of nitrogens with two attached hydrogens (primary N) is 1. The van der Waals surface area contributed by atoms with Crippen molar-refractivity contribution < 1.29 is 9.53 Å². The van der Waals surface area contributed by atoms with E-state index in [1.807, 2.05) is 6.07 Å². The van der Waals surface area contributed by atoms with Crippen LogP contribution in [0.5, 0.6) is 11.8 Å². The Morgan fingerprint density at radius 1 is 1.40 bits per heavy atom. The van der Waals surface area contributed by atoms with Gasteiger partial charge in [0.1, 0.15) is 11.8 Å². The van der Waals surface area contributed by atoms with Crippen molar-refractivity contribution in [3.05, 3.63) is 41.1 Å². The van der Waals surface area contributed by atoms with Gasteiger partial charge in [-0.3, -0.25) is 4.79 Å². The van der Waals surface area contributed by atoms with Crippen molar-refractivity contribution in [1.29, 1.82) is 0 Å². The molecule has 0 saturated heterocycles. The molecule has 2 rings (SSSR count). The van der Waals surface area contributed by atoms with Gasteiger partial charge >= 0.3 is 6.01 Å². The molecule has 0 aliphatic carbocycles. The minimum absolute atomic E-state index is 0.244. The second-order valence-electron chi connectivity index (χ2n) is 4.08. The number of aromatic nitrogens is 2. The molecule has 20 heavy (non-hydrogen) atoms. The van der Waals surface area contributed by atoms with Crippen LogP contribution in [-0.4, -0.2) is 21.9 Å². The topological polar surface area (TPSA) is 90.1 Å². The van der Waals surface area contributed by atoms with Crippen molar-refractivity contribution in [2.75, 3.05) is 5.32 Å². The highest BCUT2D eigenvalue weighted by molar-refractivity contribution is 9.10. The molecule has 1 amide bonds. The molecular weight excluding hydrogens is 324 g/mol. The number of carbonyl (C=O) groups excluding carboxylic acids is 1. The first-order valence-electron chi connectivity index (χ1n) is 5.86. The molecule has 0 unspecified atom stereocenters. The number of halogens is 1. The number of carbonyl (C=O) groups is 1. The lowest BCUT2D eigenvalue weighted by molar-refractivity contribution is -0.118. The first-order chi connectivity index (χ1) is 9.54. The van der Waals surface area contributed by atoms with Crippen molar-refractivity contribution in [1.82, 2.24) is 9.97 Å². The predicted octanol–water partition coefficient (Wildman–Crippen LogP) is 2.32. The number of nitrogens with one attached hydrogen (secondary N) is 1. The molecule has 2 aromatic rings. The van der Waals surface area contributed by atoms with Crippen molar-refractivity contribution in [2.45, 2.75) is 13.0 Å². The van der Waals surface area contributed by atoms with Gasteiger partial charge in [0, 0.05) is 24.1 Å². The van der Waals surface area contributed by atoms with Crippen LogP contribution in [0.25, 0.3) is 0 Å². The lowest BCUT2D eigenvalue weighted by atomic mass is 10.2. The number of ether oxygens (including phenoxy) is 1. The summed E-state index contributed by atoms with van der Waals surface area (Å²) in [5.41, 5.74) is 5.93. The van der Waals surface area contributed by atoms with Crippen LogP contribution in [-0.2, 0) is 4.79 Å². The smallest absolute Gasteiger partial charge is 0.321 e. The van der Waals surface area contributed by atoms with E-state index in [2.05, 4.69) is 31.2 Å². The molecule has 0 bridgehead atoms. The van der Waals surface area contributed by atoms with Gasteiger partial charge in [-0.2, -0.15) is 0 Å². The number of rotatable bonds is 5. The van der Waals surface area contributed by atoms with Crippen molar-refractivity contribution in [3.8, 4) is 11.8 Å². The Morgan fingerprint density at radius 2 is 2.10 bits per heavy atom. The molecule has 3 N–H and O–H groups in total. The molecule has 7 heteroatoms. The summed E-state index contributed by atoms with van der Waals surface area (Å²) in [6.07, 6.45) is 3.19. The molecule has 104 valence electrons. The van der Waals surface area contributed by atoms with Gasteiger partial charge in [0.15, 0.2) is 0 Å². The van der Waals surface area contributed by atoms with Crippen molar-refractivity contribution in [3.63, 3.8) is 0 Å². The van der Waals surface area contributed by atoms with Crippen LogP contribution < -0.4 is 15.8 Å². The van der Waals surface area contributed by atoms with Crippen LogP contribution in [0.4, 0.5) is 5.69 Å². The Kier molecular flexibility index (Phi) is 4.52. The van der Waals surface area contributed by atoms with Crippen LogP contribution in [0.1, 0.15) is 6.92 Å². The van der Waals surface area contributed by atoms with Crippen LogP contribution >= 0.6 is 15.9 Å². The van der Waals surface area contributed by atoms with E-state index < -0.39 is 11.9 Å². The monoisotopic (exact) mass is 336 g/mol. The highest BCUT2D eigenvalue weighted by Gasteiger charge is 2.08. The van der Waals surface area contributed by atoms with Gasteiger partial charge in [-0.05, 0) is 35.0 Å². The summed E-state index contributed by atoms with van der Waals surface area (Å²) < 4.78 is 6.29. The maximum atomic E-state index is 11.0. The number of benzene rings is 1. The molecule has 1 heterocycles. The average molecular weight is 337 g/mol. The van der Waals surface area contributed by atoms with Crippen LogP contribution in [0.15, 0.2) is 41.1 Å². The van der Waals surface area contributed by atoms with E-state index in [0.29, 0.717) is 5.75 Å². The summed E-state index contributed by atoms with van der Waals surface area (Å²) in [6, 6.07) is 6.90. The van der Waals surface area contributed by atoms with Crippen LogP contribution in [0, 0.1) is 0 Å². The zero-order valence-electron chi connectivity index (χ0n) is 10.7.